The Labute approximate surface area is 168 Å². The highest BCUT2D eigenvalue weighted by atomic mass is 35.5. The number of rotatable bonds is 10. The second-order valence-electron chi connectivity index (χ2n) is 7.57. The third-order valence-corrected chi connectivity index (χ3v) is 5.44. The summed E-state index contributed by atoms with van der Waals surface area (Å²) in [6.45, 7) is 13.4. The molecule has 1 aromatic rings. The van der Waals surface area contributed by atoms with Crippen molar-refractivity contribution in [3.8, 4) is 0 Å². The summed E-state index contributed by atoms with van der Waals surface area (Å²) in [5.41, 5.74) is 1.55. The minimum absolute atomic E-state index is 0.00683. The lowest BCUT2D eigenvalue weighted by atomic mass is 9.92. The molecular formula is C21H34ClFN4. The molecule has 2 unspecified atom stereocenters. The van der Waals surface area contributed by atoms with Crippen LogP contribution in [0.25, 0.3) is 0 Å². The molecule has 152 valence electrons. The van der Waals surface area contributed by atoms with Gasteiger partial charge >= 0.3 is 0 Å². The van der Waals surface area contributed by atoms with Crippen LogP contribution in [0.5, 0.6) is 0 Å². The van der Waals surface area contributed by atoms with E-state index in [1.165, 1.54) is 6.07 Å². The predicted molar refractivity (Wildman–Crippen MR) is 114 cm³/mol. The Balaban J connectivity index is 2.71. The van der Waals surface area contributed by atoms with Gasteiger partial charge in [-0.1, -0.05) is 49.2 Å². The van der Waals surface area contributed by atoms with Gasteiger partial charge in [-0.15, -0.1) is 0 Å². The first kappa shape index (κ1) is 23.4. The fourth-order valence-corrected chi connectivity index (χ4v) is 2.78. The average molecular weight is 397 g/mol. The van der Waals surface area contributed by atoms with E-state index >= 15 is 0 Å². The van der Waals surface area contributed by atoms with E-state index in [0.29, 0.717) is 29.1 Å². The van der Waals surface area contributed by atoms with Gasteiger partial charge in [-0.3, -0.25) is 5.01 Å². The Morgan fingerprint density at radius 3 is 2.56 bits per heavy atom. The quantitative estimate of drug-likeness (QED) is 0.275. The topological polar surface area (TPSA) is 40.0 Å². The van der Waals surface area contributed by atoms with Crippen LogP contribution in [-0.4, -0.2) is 30.7 Å². The van der Waals surface area contributed by atoms with E-state index in [-0.39, 0.29) is 17.9 Å². The number of hydrogen-bond donors (Lipinski definition) is 1. The zero-order valence-electron chi connectivity index (χ0n) is 17.6. The Morgan fingerprint density at radius 2 is 1.96 bits per heavy atom. The SMILES string of the molecule is C/C=C(\C)C(CCN(C)/N=N\[C@@H](C)C(C)C(C)C)Nc1cc(Cl)ccc1F. The van der Waals surface area contributed by atoms with Gasteiger partial charge in [0.25, 0.3) is 0 Å². The molecule has 1 N–H and O–H groups in total. The molecule has 1 rings (SSSR count). The number of benzene rings is 1. The van der Waals surface area contributed by atoms with Gasteiger partial charge in [0.05, 0.1) is 11.7 Å². The average Bonchev–Trinajstić information content (AvgIpc) is 2.64. The van der Waals surface area contributed by atoms with Crippen LogP contribution in [0.1, 0.15) is 48.0 Å². The van der Waals surface area contributed by atoms with Crippen molar-refractivity contribution in [2.75, 3.05) is 18.9 Å². The summed E-state index contributed by atoms with van der Waals surface area (Å²) in [6.07, 6.45) is 2.81. The van der Waals surface area contributed by atoms with Crippen LogP contribution in [0.2, 0.25) is 5.02 Å². The molecule has 0 aliphatic rings. The number of hydrogen-bond acceptors (Lipinski definition) is 3. The number of nitrogens with zero attached hydrogens (tertiary/aromatic N) is 3. The Bertz CT molecular complexity index is 645. The van der Waals surface area contributed by atoms with Crippen molar-refractivity contribution >= 4 is 17.3 Å². The van der Waals surface area contributed by atoms with E-state index in [1.807, 2.05) is 32.0 Å². The molecule has 0 saturated carbocycles. The zero-order chi connectivity index (χ0) is 20.6. The van der Waals surface area contributed by atoms with E-state index in [2.05, 4.69) is 43.3 Å². The lowest BCUT2D eigenvalue weighted by molar-refractivity contribution is 0.286. The molecule has 1 aromatic carbocycles. The monoisotopic (exact) mass is 396 g/mol. The van der Waals surface area contributed by atoms with Crippen LogP contribution >= 0.6 is 11.6 Å². The van der Waals surface area contributed by atoms with Crippen molar-refractivity contribution in [1.29, 1.82) is 0 Å². The molecule has 0 bridgehead atoms. The second kappa shape index (κ2) is 11.3. The molecule has 0 aliphatic heterocycles. The summed E-state index contributed by atoms with van der Waals surface area (Å²) >= 11 is 6.00. The summed E-state index contributed by atoms with van der Waals surface area (Å²) in [4.78, 5) is 0. The van der Waals surface area contributed by atoms with Crippen LogP contribution in [0.3, 0.4) is 0 Å². The van der Waals surface area contributed by atoms with Crippen molar-refractivity contribution < 1.29 is 4.39 Å². The molecule has 0 radical (unpaired) electrons. The summed E-state index contributed by atoms with van der Waals surface area (Å²) in [6, 6.07) is 4.72. The first-order valence-electron chi connectivity index (χ1n) is 9.62. The molecule has 0 fully saturated rings. The molecule has 0 amide bonds. The second-order valence-corrected chi connectivity index (χ2v) is 8.01. The molecular weight excluding hydrogens is 363 g/mol. The van der Waals surface area contributed by atoms with Crippen LogP contribution in [0.15, 0.2) is 40.2 Å². The Morgan fingerprint density at radius 1 is 1.30 bits per heavy atom. The maximum atomic E-state index is 14.1. The van der Waals surface area contributed by atoms with Gasteiger partial charge < -0.3 is 5.32 Å². The van der Waals surface area contributed by atoms with Crippen LogP contribution in [0, 0.1) is 17.7 Å². The van der Waals surface area contributed by atoms with Crippen molar-refractivity contribution in [3.05, 3.63) is 40.7 Å². The van der Waals surface area contributed by atoms with Crippen LogP contribution in [0.4, 0.5) is 10.1 Å². The first-order chi connectivity index (χ1) is 12.6. The Kier molecular flexibility index (Phi) is 9.78. The third-order valence-electron chi connectivity index (χ3n) is 5.20. The van der Waals surface area contributed by atoms with Crippen LogP contribution < -0.4 is 5.32 Å². The van der Waals surface area contributed by atoms with Gasteiger partial charge in [0.2, 0.25) is 0 Å². The highest BCUT2D eigenvalue weighted by Crippen LogP contribution is 2.23. The van der Waals surface area contributed by atoms with Gasteiger partial charge in [-0.2, -0.15) is 5.11 Å². The predicted octanol–water partition coefficient (Wildman–Crippen LogP) is 6.60. The summed E-state index contributed by atoms with van der Waals surface area (Å²) in [5, 5.41) is 14.4. The largest absolute Gasteiger partial charge is 0.376 e. The van der Waals surface area contributed by atoms with Crippen molar-refractivity contribution in [1.82, 2.24) is 5.01 Å². The van der Waals surface area contributed by atoms with Gasteiger partial charge in [0.1, 0.15) is 5.82 Å². The maximum absolute atomic E-state index is 14.1. The van der Waals surface area contributed by atoms with Gasteiger partial charge in [0.15, 0.2) is 0 Å². The molecule has 0 aliphatic carbocycles. The number of anilines is 1. The highest BCUT2D eigenvalue weighted by molar-refractivity contribution is 6.30. The summed E-state index contributed by atoms with van der Waals surface area (Å²) < 4.78 is 14.1. The smallest absolute Gasteiger partial charge is 0.146 e. The zero-order valence-corrected chi connectivity index (χ0v) is 18.4. The number of nitrogens with one attached hydrogen (secondary N) is 1. The maximum Gasteiger partial charge on any atom is 0.146 e. The first-order valence-corrected chi connectivity index (χ1v) is 9.99. The standard InChI is InChI=1S/C21H34ClFN4/c1-8-15(4)20(24-21-13-18(22)9-10-19(21)23)11-12-27(7)26-25-17(6)16(5)14(2)3/h8-10,13-14,16-17,20,24H,11-12H2,1-7H3/b15-8+,26-25-/t16?,17-,20?/m0/s1. The fourth-order valence-electron chi connectivity index (χ4n) is 2.60. The van der Waals surface area contributed by atoms with Crippen molar-refractivity contribution in [2.24, 2.45) is 22.2 Å². The summed E-state index contributed by atoms with van der Waals surface area (Å²) in [5.74, 6) is 0.744. The van der Waals surface area contributed by atoms with Crippen molar-refractivity contribution in [2.45, 2.75) is 60.0 Å². The summed E-state index contributed by atoms with van der Waals surface area (Å²) in [7, 11) is 1.91. The highest BCUT2D eigenvalue weighted by Gasteiger charge is 2.16. The van der Waals surface area contributed by atoms with Gasteiger partial charge in [-0.05, 0) is 57.2 Å². The van der Waals surface area contributed by atoms with E-state index in [9.17, 15) is 4.39 Å². The minimum atomic E-state index is -0.308. The molecule has 0 saturated heterocycles. The lowest BCUT2D eigenvalue weighted by Crippen LogP contribution is -2.27. The Hall–Kier alpha value is -1.62. The van der Waals surface area contributed by atoms with Crippen LogP contribution in [-0.2, 0) is 0 Å². The van der Waals surface area contributed by atoms with Crippen molar-refractivity contribution in [3.63, 3.8) is 0 Å². The lowest BCUT2D eigenvalue weighted by Gasteiger charge is -2.24. The van der Waals surface area contributed by atoms with Gasteiger partial charge in [-0.25, -0.2) is 4.39 Å². The molecule has 6 heteroatoms. The fraction of sp³-hybridized carbons (Fsp3) is 0.619. The van der Waals surface area contributed by atoms with Gasteiger partial charge in [0, 0.05) is 24.7 Å². The molecule has 0 heterocycles. The normalized spacial score (nSPS) is 15.9. The molecule has 0 aromatic heterocycles. The number of allylic oxidation sites excluding steroid dienone is 1. The molecule has 0 spiro atoms. The van der Waals surface area contributed by atoms with E-state index < -0.39 is 0 Å². The molecule has 4 nitrogen and oxygen atoms in total. The third kappa shape index (κ3) is 7.87. The van der Waals surface area contributed by atoms with E-state index in [1.54, 1.807) is 12.1 Å². The minimum Gasteiger partial charge on any atom is -0.376 e. The number of halogens is 2. The molecule has 27 heavy (non-hydrogen) atoms. The molecule has 3 atom stereocenters. The van der Waals surface area contributed by atoms with E-state index in [0.717, 1.165) is 12.0 Å². The van der Waals surface area contributed by atoms with E-state index in [4.69, 9.17) is 11.6 Å².